The molecule has 0 fully saturated rings. The molecule has 0 saturated carbocycles. The molecule has 1 N–H and O–H groups in total. The molecule has 0 atom stereocenters. The highest BCUT2D eigenvalue weighted by atomic mass is 19.4. The fourth-order valence-electron chi connectivity index (χ4n) is 5.12. The summed E-state index contributed by atoms with van der Waals surface area (Å²) in [6.45, 7) is 2.09. The molecule has 2 amide bonds. The van der Waals surface area contributed by atoms with Crippen molar-refractivity contribution in [1.29, 1.82) is 0 Å². The van der Waals surface area contributed by atoms with Gasteiger partial charge < -0.3 is 29.2 Å². The Morgan fingerprint density at radius 2 is 1.29 bits per heavy atom. The Labute approximate surface area is 297 Å². The first-order chi connectivity index (χ1) is 24.7. The topological polar surface area (TPSA) is 138 Å². The normalized spacial score (nSPS) is 11.2. The minimum Gasteiger partial charge on any atom is -0.465 e. The van der Waals surface area contributed by atoms with Gasteiger partial charge in [0.1, 0.15) is 12.4 Å². The third-order valence-electron chi connectivity index (χ3n) is 7.69. The number of anilines is 1. The molecular formula is C38H35F3N2O9. The van der Waals surface area contributed by atoms with Gasteiger partial charge in [-0.3, -0.25) is 19.2 Å². The predicted octanol–water partition coefficient (Wildman–Crippen LogP) is 6.91. The third-order valence-corrected chi connectivity index (χ3v) is 7.69. The van der Waals surface area contributed by atoms with Gasteiger partial charge in [-0.2, -0.15) is 13.2 Å². The SMILES string of the molecule is CCOC(=O)C(COC(=O)Oc1ccc(NC(=O)c2ccccc2-c2ccc(C(F)(F)F)cc2)c(C(=O)N(C)C)c1)(C(=O)OCC)c1ccccc1. The largest absolute Gasteiger partial charge is 0.513 e. The minimum absolute atomic E-state index is 0.0272. The van der Waals surface area contributed by atoms with E-state index >= 15 is 0 Å². The van der Waals surface area contributed by atoms with Crippen LogP contribution in [-0.2, 0) is 35.4 Å². The Balaban J connectivity index is 1.60. The lowest BCUT2D eigenvalue weighted by Gasteiger charge is -2.28. The Kier molecular flexibility index (Phi) is 12.4. The number of nitrogens with zero attached hydrogens (tertiary/aromatic N) is 1. The quantitative estimate of drug-likeness (QED) is 0.0717. The van der Waals surface area contributed by atoms with E-state index in [0.717, 1.165) is 12.1 Å². The van der Waals surface area contributed by atoms with E-state index in [0.29, 0.717) is 11.1 Å². The number of alkyl halides is 3. The van der Waals surface area contributed by atoms with Crippen LogP contribution >= 0.6 is 0 Å². The molecule has 0 bridgehead atoms. The summed E-state index contributed by atoms with van der Waals surface area (Å²) in [7, 11) is 2.92. The van der Waals surface area contributed by atoms with Crippen LogP contribution < -0.4 is 10.1 Å². The zero-order valence-electron chi connectivity index (χ0n) is 28.6. The Hall–Kier alpha value is -6.18. The number of carbonyl (C=O) groups excluding carboxylic acids is 5. The summed E-state index contributed by atoms with van der Waals surface area (Å²) in [4.78, 5) is 67.5. The van der Waals surface area contributed by atoms with Crippen LogP contribution in [0.25, 0.3) is 11.1 Å². The van der Waals surface area contributed by atoms with E-state index in [4.69, 9.17) is 18.9 Å². The number of benzene rings is 4. The van der Waals surface area contributed by atoms with E-state index in [1.165, 1.54) is 67.5 Å². The molecule has 0 aliphatic heterocycles. The number of hydrogen-bond acceptors (Lipinski definition) is 9. The Morgan fingerprint density at radius 3 is 1.87 bits per heavy atom. The molecule has 0 radical (unpaired) electrons. The summed E-state index contributed by atoms with van der Waals surface area (Å²) in [5.74, 6) is -3.46. The Morgan fingerprint density at radius 1 is 0.692 bits per heavy atom. The zero-order valence-corrected chi connectivity index (χ0v) is 28.6. The van der Waals surface area contributed by atoms with Gasteiger partial charge in [0.25, 0.3) is 11.8 Å². The molecule has 52 heavy (non-hydrogen) atoms. The number of ether oxygens (including phenoxy) is 4. The number of nitrogens with one attached hydrogen (secondary N) is 1. The van der Waals surface area contributed by atoms with Crippen LogP contribution in [-0.4, -0.2) is 68.7 Å². The van der Waals surface area contributed by atoms with Gasteiger partial charge in [-0.05, 0) is 66.9 Å². The molecule has 0 heterocycles. The van der Waals surface area contributed by atoms with E-state index in [2.05, 4.69) is 5.32 Å². The van der Waals surface area contributed by atoms with Crippen LogP contribution in [0.5, 0.6) is 5.75 Å². The van der Waals surface area contributed by atoms with Gasteiger partial charge >= 0.3 is 24.3 Å². The van der Waals surface area contributed by atoms with Crippen molar-refractivity contribution >= 4 is 35.6 Å². The van der Waals surface area contributed by atoms with Crippen LogP contribution in [0, 0.1) is 0 Å². The lowest BCUT2D eigenvalue weighted by atomic mass is 9.81. The lowest BCUT2D eigenvalue weighted by molar-refractivity contribution is -0.167. The first-order valence-electron chi connectivity index (χ1n) is 15.9. The highest BCUT2D eigenvalue weighted by molar-refractivity contribution is 6.12. The average molecular weight is 721 g/mol. The van der Waals surface area contributed by atoms with Gasteiger partial charge in [-0.25, -0.2) is 4.79 Å². The van der Waals surface area contributed by atoms with Gasteiger partial charge in [-0.15, -0.1) is 0 Å². The van der Waals surface area contributed by atoms with Crippen molar-refractivity contribution in [2.45, 2.75) is 25.4 Å². The van der Waals surface area contributed by atoms with Gasteiger partial charge in [0, 0.05) is 19.7 Å². The van der Waals surface area contributed by atoms with Crippen LogP contribution in [0.1, 0.15) is 45.7 Å². The summed E-state index contributed by atoms with van der Waals surface area (Å²) in [5.41, 5.74) is -2.13. The number of esters is 2. The smallest absolute Gasteiger partial charge is 0.465 e. The van der Waals surface area contributed by atoms with Crippen molar-refractivity contribution in [3.63, 3.8) is 0 Å². The molecule has 4 aromatic carbocycles. The van der Waals surface area contributed by atoms with E-state index in [9.17, 15) is 37.1 Å². The molecular weight excluding hydrogens is 685 g/mol. The molecule has 14 heteroatoms. The van der Waals surface area contributed by atoms with Crippen molar-refractivity contribution in [1.82, 2.24) is 4.90 Å². The first-order valence-corrected chi connectivity index (χ1v) is 15.9. The lowest BCUT2D eigenvalue weighted by Crippen LogP contribution is -2.50. The van der Waals surface area contributed by atoms with Crippen molar-refractivity contribution in [2.24, 2.45) is 0 Å². The molecule has 0 saturated heterocycles. The summed E-state index contributed by atoms with van der Waals surface area (Å²) in [6.07, 6.45) is -5.87. The van der Waals surface area contributed by atoms with Crippen LogP contribution in [0.3, 0.4) is 0 Å². The molecule has 4 rings (SSSR count). The summed E-state index contributed by atoms with van der Waals surface area (Å²) in [5, 5.41) is 2.66. The number of rotatable bonds is 12. The Bertz CT molecular complexity index is 1910. The molecule has 0 aromatic heterocycles. The van der Waals surface area contributed by atoms with Crippen molar-refractivity contribution in [3.05, 3.63) is 119 Å². The number of amides is 2. The summed E-state index contributed by atoms with van der Waals surface area (Å²) >= 11 is 0. The van der Waals surface area contributed by atoms with Crippen LogP contribution in [0.15, 0.2) is 97.1 Å². The van der Waals surface area contributed by atoms with Gasteiger partial charge in [-0.1, -0.05) is 60.7 Å². The fourth-order valence-corrected chi connectivity index (χ4v) is 5.12. The number of carbonyl (C=O) groups is 5. The summed E-state index contributed by atoms with van der Waals surface area (Å²) in [6, 6.07) is 22.1. The molecule has 0 unspecified atom stereocenters. The highest BCUT2D eigenvalue weighted by Gasteiger charge is 2.52. The van der Waals surface area contributed by atoms with Crippen molar-refractivity contribution < 1.29 is 56.1 Å². The minimum atomic E-state index is -4.53. The highest BCUT2D eigenvalue weighted by Crippen LogP contribution is 2.33. The van der Waals surface area contributed by atoms with Crippen molar-refractivity contribution in [2.75, 3.05) is 39.2 Å². The maximum Gasteiger partial charge on any atom is 0.513 e. The second kappa shape index (κ2) is 16.7. The van der Waals surface area contributed by atoms with Crippen LogP contribution in [0.2, 0.25) is 0 Å². The monoisotopic (exact) mass is 720 g/mol. The van der Waals surface area contributed by atoms with E-state index in [1.807, 2.05) is 0 Å². The number of hydrogen-bond donors (Lipinski definition) is 1. The molecule has 0 aliphatic carbocycles. The molecule has 0 spiro atoms. The van der Waals surface area contributed by atoms with Crippen molar-refractivity contribution in [3.8, 4) is 16.9 Å². The maximum absolute atomic E-state index is 13.5. The predicted molar refractivity (Wildman–Crippen MR) is 183 cm³/mol. The fraction of sp³-hybridized carbons (Fsp3) is 0.237. The zero-order chi connectivity index (χ0) is 38.1. The van der Waals surface area contributed by atoms with Gasteiger partial charge in [0.15, 0.2) is 0 Å². The second-order valence-electron chi connectivity index (χ2n) is 11.3. The van der Waals surface area contributed by atoms with Crippen LogP contribution in [0.4, 0.5) is 23.7 Å². The molecule has 4 aromatic rings. The molecule has 11 nitrogen and oxygen atoms in total. The molecule has 0 aliphatic rings. The first kappa shape index (κ1) is 38.6. The van der Waals surface area contributed by atoms with Gasteiger partial charge in [0.05, 0.1) is 30.0 Å². The average Bonchev–Trinajstić information content (AvgIpc) is 3.12. The van der Waals surface area contributed by atoms with E-state index < -0.39 is 53.7 Å². The number of halogens is 3. The standard InChI is InChI=1S/C38H35F3N2O9/c1-5-49-34(46)37(35(47)50-6-2,25-12-8-7-9-13-25)23-51-36(48)52-27-20-21-31(30(22-27)33(45)43(3)4)42-32(44)29-15-11-10-14-28(29)24-16-18-26(19-17-24)38(39,40)41/h7-22H,5-6,23H2,1-4H3,(H,42,44). The maximum atomic E-state index is 13.5. The third kappa shape index (κ3) is 8.75. The summed E-state index contributed by atoms with van der Waals surface area (Å²) < 4.78 is 60.4. The molecule has 272 valence electrons. The van der Waals surface area contributed by atoms with E-state index in [-0.39, 0.29) is 41.3 Å². The van der Waals surface area contributed by atoms with Gasteiger partial charge in [0.2, 0.25) is 5.41 Å². The van der Waals surface area contributed by atoms with E-state index in [1.54, 1.807) is 50.2 Å². The second-order valence-corrected chi connectivity index (χ2v) is 11.3.